The fourth-order valence-electron chi connectivity index (χ4n) is 1.18. The summed E-state index contributed by atoms with van der Waals surface area (Å²) in [7, 11) is 0. The van der Waals surface area contributed by atoms with Gasteiger partial charge in [0.15, 0.2) is 0 Å². The van der Waals surface area contributed by atoms with Crippen LogP contribution in [0.1, 0.15) is 26.7 Å². The highest BCUT2D eigenvalue weighted by Crippen LogP contribution is 2.06. The summed E-state index contributed by atoms with van der Waals surface area (Å²) in [5.74, 6) is -0.582. The van der Waals surface area contributed by atoms with Crippen LogP contribution in [0, 0.1) is 5.92 Å². The van der Waals surface area contributed by atoms with E-state index in [4.69, 9.17) is 17.3 Å². The van der Waals surface area contributed by atoms with Gasteiger partial charge in [0.25, 0.3) is 0 Å². The molecule has 1 unspecified atom stereocenters. The van der Waals surface area contributed by atoms with Gasteiger partial charge in [0, 0.05) is 18.3 Å². The molecule has 0 radical (unpaired) electrons. The van der Waals surface area contributed by atoms with Crippen LogP contribution in [0.3, 0.4) is 0 Å². The van der Waals surface area contributed by atoms with Crippen molar-refractivity contribution in [2.75, 3.05) is 19.0 Å². The number of alkyl halides is 1. The number of hydrogen-bond donors (Lipinski definition) is 1. The van der Waals surface area contributed by atoms with Crippen molar-refractivity contribution in [2.45, 2.75) is 26.7 Å². The fraction of sp³-hybridized carbons (Fsp3) is 0.800. The van der Waals surface area contributed by atoms with E-state index in [1.165, 1.54) is 4.90 Å². The molecule has 4 nitrogen and oxygen atoms in total. The van der Waals surface area contributed by atoms with Crippen molar-refractivity contribution < 1.29 is 9.59 Å². The van der Waals surface area contributed by atoms with Crippen LogP contribution in [0.2, 0.25) is 0 Å². The van der Waals surface area contributed by atoms with Gasteiger partial charge in [-0.25, -0.2) is 0 Å². The minimum atomic E-state index is -0.485. The summed E-state index contributed by atoms with van der Waals surface area (Å²) in [5, 5.41) is 0. The van der Waals surface area contributed by atoms with Crippen molar-refractivity contribution >= 4 is 23.4 Å². The van der Waals surface area contributed by atoms with Crippen LogP contribution in [0.15, 0.2) is 0 Å². The average Bonchev–Trinajstić information content (AvgIpc) is 2.21. The van der Waals surface area contributed by atoms with Gasteiger partial charge in [0.2, 0.25) is 11.8 Å². The second kappa shape index (κ2) is 7.51. The first-order chi connectivity index (χ1) is 7.02. The molecule has 0 saturated heterocycles. The zero-order chi connectivity index (χ0) is 11.8. The Labute approximate surface area is 95.7 Å². The number of amides is 2. The quantitative estimate of drug-likeness (QED) is 0.668. The van der Waals surface area contributed by atoms with Crippen molar-refractivity contribution in [3.05, 3.63) is 0 Å². The van der Waals surface area contributed by atoms with E-state index >= 15 is 0 Å². The second-order valence-electron chi connectivity index (χ2n) is 3.64. The van der Waals surface area contributed by atoms with Crippen molar-refractivity contribution in [1.82, 2.24) is 4.90 Å². The number of halogens is 1. The van der Waals surface area contributed by atoms with Crippen LogP contribution in [0.4, 0.5) is 0 Å². The number of nitrogens with zero attached hydrogens (tertiary/aromatic N) is 1. The molecule has 0 saturated carbocycles. The molecule has 0 spiro atoms. The topological polar surface area (TPSA) is 63.4 Å². The zero-order valence-electron chi connectivity index (χ0n) is 9.33. The molecule has 0 heterocycles. The van der Waals surface area contributed by atoms with Gasteiger partial charge in [0.1, 0.15) is 0 Å². The predicted octanol–water partition coefficient (Wildman–Crippen LogP) is 0.975. The lowest BCUT2D eigenvalue weighted by Crippen LogP contribution is -2.42. The molecule has 2 N–H and O–H groups in total. The van der Waals surface area contributed by atoms with Crippen LogP contribution < -0.4 is 5.73 Å². The lowest BCUT2D eigenvalue weighted by atomic mass is 10.1. The maximum absolute atomic E-state index is 11.7. The normalized spacial score (nSPS) is 12.2. The molecule has 0 aliphatic rings. The first kappa shape index (κ1) is 14.2. The van der Waals surface area contributed by atoms with Gasteiger partial charge in [-0.15, -0.1) is 11.6 Å². The lowest BCUT2D eigenvalue weighted by molar-refractivity contribution is -0.137. The molecule has 88 valence electrons. The Kier molecular flexibility index (Phi) is 7.13. The summed E-state index contributed by atoms with van der Waals surface area (Å²) in [6.45, 7) is 4.33. The summed E-state index contributed by atoms with van der Waals surface area (Å²) < 4.78 is 0. The monoisotopic (exact) mass is 234 g/mol. The Morgan fingerprint density at radius 1 is 1.47 bits per heavy atom. The van der Waals surface area contributed by atoms with E-state index in [-0.39, 0.29) is 24.2 Å². The minimum absolute atomic E-state index is 0.0138. The highest BCUT2D eigenvalue weighted by atomic mass is 35.5. The van der Waals surface area contributed by atoms with E-state index in [2.05, 4.69) is 0 Å². The smallest absolute Gasteiger partial charge is 0.237 e. The van der Waals surface area contributed by atoms with E-state index in [0.717, 1.165) is 12.8 Å². The van der Waals surface area contributed by atoms with E-state index in [9.17, 15) is 9.59 Å². The van der Waals surface area contributed by atoms with Crippen LogP contribution in [-0.4, -0.2) is 35.7 Å². The predicted molar refractivity (Wildman–Crippen MR) is 60.6 cm³/mol. The molecule has 0 aromatic heterocycles. The van der Waals surface area contributed by atoms with Gasteiger partial charge < -0.3 is 10.6 Å². The molecule has 0 fully saturated rings. The van der Waals surface area contributed by atoms with Crippen LogP contribution in [0.25, 0.3) is 0 Å². The first-order valence-electron chi connectivity index (χ1n) is 5.16. The Bertz CT molecular complexity index is 221. The molecular formula is C10H19ClN2O2. The Morgan fingerprint density at radius 3 is 2.47 bits per heavy atom. The van der Waals surface area contributed by atoms with Crippen LogP contribution in [-0.2, 0) is 9.59 Å². The number of carbonyl (C=O) groups excluding carboxylic acids is 2. The lowest BCUT2D eigenvalue weighted by Gasteiger charge is -2.23. The molecule has 15 heavy (non-hydrogen) atoms. The van der Waals surface area contributed by atoms with E-state index < -0.39 is 5.91 Å². The third-order valence-corrected chi connectivity index (χ3v) is 2.56. The van der Waals surface area contributed by atoms with Crippen molar-refractivity contribution in [2.24, 2.45) is 11.7 Å². The summed E-state index contributed by atoms with van der Waals surface area (Å²) in [6, 6.07) is 0. The van der Waals surface area contributed by atoms with Gasteiger partial charge >= 0.3 is 0 Å². The van der Waals surface area contributed by atoms with Gasteiger partial charge in [0.05, 0.1) is 6.54 Å². The van der Waals surface area contributed by atoms with Crippen LogP contribution >= 0.6 is 11.6 Å². The van der Waals surface area contributed by atoms with Gasteiger partial charge in [-0.2, -0.15) is 0 Å². The third-order valence-electron chi connectivity index (χ3n) is 2.09. The van der Waals surface area contributed by atoms with Gasteiger partial charge in [-0.1, -0.05) is 20.3 Å². The molecule has 2 amide bonds. The Morgan fingerprint density at radius 2 is 2.07 bits per heavy atom. The minimum Gasteiger partial charge on any atom is -0.368 e. The Hall–Kier alpha value is -0.770. The number of primary amides is 1. The molecule has 0 aliphatic heterocycles. The average molecular weight is 235 g/mol. The van der Waals surface area contributed by atoms with Crippen molar-refractivity contribution in [1.29, 1.82) is 0 Å². The van der Waals surface area contributed by atoms with Crippen LogP contribution in [0.5, 0.6) is 0 Å². The largest absolute Gasteiger partial charge is 0.368 e. The standard InChI is InChI=1S/C10H19ClN2O2/c1-3-4-5-13(7-9(12)14)10(15)8(2)6-11/h8H,3-7H2,1-2H3,(H2,12,14). The van der Waals surface area contributed by atoms with E-state index in [1.54, 1.807) is 6.92 Å². The SMILES string of the molecule is CCCCN(CC(N)=O)C(=O)C(C)CCl. The van der Waals surface area contributed by atoms with Crippen molar-refractivity contribution in [3.8, 4) is 0 Å². The number of carbonyl (C=O) groups is 2. The van der Waals surface area contributed by atoms with E-state index in [0.29, 0.717) is 6.54 Å². The molecule has 1 atom stereocenters. The third kappa shape index (κ3) is 5.62. The number of nitrogens with two attached hydrogens (primary N) is 1. The second-order valence-corrected chi connectivity index (χ2v) is 3.94. The molecule has 0 aliphatic carbocycles. The number of rotatable bonds is 7. The fourth-order valence-corrected chi connectivity index (χ4v) is 1.31. The number of hydrogen-bond acceptors (Lipinski definition) is 2. The zero-order valence-corrected chi connectivity index (χ0v) is 10.1. The maximum Gasteiger partial charge on any atom is 0.237 e. The molecule has 0 bridgehead atoms. The summed E-state index contributed by atoms with van der Waals surface area (Å²) in [6.07, 6.45) is 1.84. The summed E-state index contributed by atoms with van der Waals surface area (Å²) >= 11 is 5.60. The summed E-state index contributed by atoms with van der Waals surface area (Å²) in [4.78, 5) is 24.0. The molecule has 5 heteroatoms. The molecular weight excluding hydrogens is 216 g/mol. The molecule has 0 aromatic rings. The maximum atomic E-state index is 11.7. The van der Waals surface area contributed by atoms with Gasteiger partial charge in [-0.3, -0.25) is 9.59 Å². The molecule has 0 aromatic carbocycles. The number of unbranched alkanes of at least 4 members (excludes halogenated alkanes) is 1. The summed E-state index contributed by atoms with van der Waals surface area (Å²) in [5.41, 5.74) is 5.08. The highest BCUT2D eigenvalue weighted by Gasteiger charge is 2.20. The van der Waals surface area contributed by atoms with E-state index in [1.807, 2.05) is 6.92 Å². The highest BCUT2D eigenvalue weighted by molar-refractivity contribution is 6.19. The van der Waals surface area contributed by atoms with Crippen molar-refractivity contribution in [3.63, 3.8) is 0 Å². The first-order valence-corrected chi connectivity index (χ1v) is 5.69. The molecule has 0 rings (SSSR count). The van der Waals surface area contributed by atoms with Gasteiger partial charge in [-0.05, 0) is 6.42 Å². The Balaban J connectivity index is 4.32.